The van der Waals surface area contributed by atoms with Crippen LogP contribution in [0.15, 0.2) is 14.5 Å². The van der Waals surface area contributed by atoms with E-state index in [2.05, 4.69) is 21.2 Å². The fourth-order valence-corrected chi connectivity index (χ4v) is 6.89. The number of alkyl halides is 1. The molecule has 0 spiro atoms. The first-order valence-corrected chi connectivity index (χ1v) is 11.6. The van der Waals surface area contributed by atoms with Gasteiger partial charge in [-0.3, -0.25) is 0 Å². The van der Waals surface area contributed by atoms with E-state index in [1.807, 2.05) is 6.92 Å². The Morgan fingerprint density at radius 3 is 2.77 bits per heavy atom. The molecule has 11 heteroatoms. The second-order valence-electron chi connectivity index (χ2n) is 4.87. The standard InChI is InChI=1S/C11H18BrN3O4S3/c1-2-14-9-7-15(5-3-4-12)22(18,19)11-8(9)6-10(20-11)21(13,16)17/h6,9,14H,2-5,7H2,1H3,(H2,13,16,17)/t9-/m0/s1. The third-order valence-electron chi connectivity index (χ3n) is 3.31. The fourth-order valence-electron chi connectivity index (χ4n) is 2.34. The second kappa shape index (κ2) is 6.83. The molecule has 2 rings (SSSR count). The van der Waals surface area contributed by atoms with Crippen LogP contribution in [0.1, 0.15) is 24.9 Å². The van der Waals surface area contributed by atoms with Crippen molar-refractivity contribution in [2.45, 2.75) is 27.8 Å². The molecule has 0 radical (unpaired) electrons. The summed E-state index contributed by atoms with van der Waals surface area (Å²) >= 11 is 4.01. The zero-order valence-electron chi connectivity index (χ0n) is 12.0. The van der Waals surface area contributed by atoms with Gasteiger partial charge in [0, 0.05) is 30.0 Å². The van der Waals surface area contributed by atoms with Crippen LogP contribution in [-0.2, 0) is 20.0 Å². The lowest BCUT2D eigenvalue weighted by atomic mass is 10.1. The maximum absolute atomic E-state index is 12.7. The first-order valence-electron chi connectivity index (χ1n) is 6.67. The molecule has 1 aromatic rings. The maximum atomic E-state index is 12.7. The summed E-state index contributed by atoms with van der Waals surface area (Å²) in [4.78, 5) is 0. The zero-order chi connectivity index (χ0) is 16.5. The number of hydrogen-bond donors (Lipinski definition) is 2. The van der Waals surface area contributed by atoms with Crippen molar-refractivity contribution in [2.75, 3.05) is 25.0 Å². The number of hydrogen-bond acceptors (Lipinski definition) is 6. The monoisotopic (exact) mass is 431 g/mol. The Balaban J connectivity index is 2.52. The van der Waals surface area contributed by atoms with Gasteiger partial charge in [0.1, 0.15) is 8.42 Å². The molecule has 22 heavy (non-hydrogen) atoms. The van der Waals surface area contributed by atoms with Crippen LogP contribution in [0, 0.1) is 0 Å². The highest BCUT2D eigenvalue weighted by Crippen LogP contribution is 2.39. The molecule has 0 aliphatic carbocycles. The van der Waals surface area contributed by atoms with Crippen LogP contribution in [0.4, 0.5) is 0 Å². The van der Waals surface area contributed by atoms with Crippen molar-refractivity contribution in [2.24, 2.45) is 5.14 Å². The van der Waals surface area contributed by atoms with Gasteiger partial charge in [-0.25, -0.2) is 22.0 Å². The number of nitrogens with zero attached hydrogens (tertiary/aromatic N) is 1. The molecular formula is C11H18BrN3O4S3. The van der Waals surface area contributed by atoms with Crippen LogP contribution in [0.25, 0.3) is 0 Å². The molecule has 0 aromatic carbocycles. The van der Waals surface area contributed by atoms with Crippen LogP contribution in [0.3, 0.4) is 0 Å². The van der Waals surface area contributed by atoms with Gasteiger partial charge in [0.25, 0.3) is 10.0 Å². The summed E-state index contributed by atoms with van der Waals surface area (Å²) in [6.07, 6.45) is 0.681. The summed E-state index contributed by atoms with van der Waals surface area (Å²) in [5, 5.41) is 9.04. The van der Waals surface area contributed by atoms with E-state index in [-0.39, 0.29) is 21.0 Å². The molecule has 1 aromatic heterocycles. The number of primary sulfonamides is 1. The number of nitrogens with one attached hydrogen (secondary N) is 1. The molecule has 3 N–H and O–H groups in total. The van der Waals surface area contributed by atoms with Gasteiger partial charge in [0.2, 0.25) is 10.0 Å². The van der Waals surface area contributed by atoms with E-state index in [0.717, 1.165) is 11.3 Å². The number of likely N-dealkylation sites (N-methyl/N-ethyl adjacent to an activating group) is 1. The smallest absolute Gasteiger partial charge is 0.252 e. The maximum Gasteiger partial charge on any atom is 0.252 e. The van der Waals surface area contributed by atoms with E-state index in [0.29, 0.717) is 30.4 Å². The third-order valence-corrected chi connectivity index (χ3v) is 8.83. The van der Waals surface area contributed by atoms with Crippen LogP contribution in [0.2, 0.25) is 0 Å². The summed E-state index contributed by atoms with van der Waals surface area (Å²) in [5.74, 6) is 0. The molecule has 0 fully saturated rings. The Morgan fingerprint density at radius 1 is 1.55 bits per heavy atom. The van der Waals surface area contributed by atoms with Crippen molar-refractivity contribution in [3.63, 3.8) is 0 Å². The molecule has 7 nitrogen and oxygen atoms in total. The van der Waals surface area contributed by atoms with Gasteiger partial charge in [0.05, 0.1) is 0 Å². The van der Waals surface area contributed by atoms with E-state index >= 15 is 0 Å². The van der Waals surface area contributed by atoms with Crippen molar-refractivity contribution < 1.29 is 16.8 Å². The molecule has 0 amide bonds. The van der Waals surface area contributed by atoms with Crippen molar-refractivity contribution in [3.8, 4) is 0 Å². The summed E-state index contributed by atoms with van der Waals surface area (Å²) in [6.45, 7) is 3.24. The lowest BCUT2D eigenvalue weighted by molar-refractivity contribution is 0.345. The Hall–Kier alpha value is -0.0400. The number of sulfonamides is 2. The molecule has 1 aliphatic rings. The molecule has 1 atom stereocenters. The summed E-state index contributed by atoms with van der Waals surface area (Å²) < 4.78 is 49.7. The molecule has 1 aliphatic heterocycles. The Labute approximate surface area is 143 Å². The van der Waals surface area contributed by atoms with Crippen molar-refractivity contribution in [3.05, 3.63) is 11.6 Å². The Morgan fingerprint density at radius 2 is 2.23 bits per heavy atom. The molecular weight excluding hydrogens is 414 g/mol. The van der Waals surface area contributed by atoms with Gasteiger partial charge in [-0.1, -0.05) is 22.9 Å². The highest BCUT2D eigenvalue weighted by molar-refractivity contribution is 9.09. The van der Waals surface area contributed by atoms with E-state index < -0.39 is 20.0 Å². The lowest BCUT2D eigenvalue weighted by Gasteiger charge is -2.32. The highest BCUT2D eigenvalue weighted by Gasteiger charge is 2.39. The van der Waals surface area contributed by atoms with Gasteiger partial charge < -0.3 is 5.32 Å². The zero-order valence-corrected chi connectivity index (χ0v) is 16.0. The third kappa shape index (κ3) is 3.55. The van der Waals surface area contributed by atoms with E-state index in [4.69, 9.17) is 5.14 Å². The molecule has 126 valence electrons. The van der Waals surface area contributed by atoms with Gasteiger partial charge in [-0.05, 0) is 19.0 Å². The average Bonchev–Trinajstić information content (AvgIpc) is 2.87. The number of thiophene rings is 1. The molecule has 0 saturated heterocycles. The number of rotatable bonds is 6. The van der Waals surface area contributed by atoms with Crippen LogP contribution >= 0.6 is 27.3 Å². The Bertz CT molecular complexity index is 745. The van der Waals surface area contributed by atoms with Crippen LogP contribution in [0.5, 0.6) is 0 Å². The van der Waals surface area contributed by atoms with Crippen molar-refractivity contribution >= 4 is 47.3 Å². The minimum Gasteiger partial charge on any atom is -0.309 e. The van der Waals surface area contributed by atoms with Gasteiger partial charge >= 0.3 is 0 Å². The molecule has 0 bridgehead atoms. The SMILES string of the molecule is CCN[C@H]1CN(CCCBr)S(=O)(=O)c2sc(S(N)(=O)=O)cc21. The van der Waals surface area contributed by atoms with E-state index in [9.17, 15) is 16.8 Å². The Kier molecular flexibility index (Phi) is 5.68. The van der Waals surface area contributed by atoms with Crippen LogP contribution in [-0.4, -0.2) is 46.1 Å². The van der Waals surface area contributed by atoms with Crippen molar-refractivity contribution in [1.29, 1.82) is 0 Å². The summed E-state index contributed by atoms with van der Waals surface area (Å²) in [7, 11) is -7.59. The predicted molar refractivity (Wildman–Crippen MR) is 89.3 cm³/mol. The first-order chi connectivity index (χ1) is 10.2. The van der Waals surface area contributed by atoms with Gasteiger partial charge in [-0.15, -0.1) is 11.3 Å². The number of fused-ring (bicyclic) bond motifs is 1. The number of halogens is 1. The van der Waals surface area contributed by atoms with E-state index in [1.165, 1.54) is 10.4 Å². The average molecular weight is 432 g/mol. The minimum absolute atomic E-state index is 0.0725. The van der Waals surface area contributed by atoms with Gasteiger partial charge in [0.15, 0.2) is 0 Å². The number of nitrogens with two attached hydrogens (primary N) is 1. The normalized spacial score (nSPS) is 21.7. The molecule has 2 heterocycles. The molecule has 0 saturated carbocycles. The lowest BCUT2D eigenvalue weighted by Crippen LogP contribution is -2.43. The van der Waals surface area contributed by atoms with Crippen molar-refractivity contribution in [1.82, 2.24) is 9.62 Å². The second-order valence-corrected chi connectivity index (χ2v) is 10.6. The highest BCUT2D eigenvalue weighted by atomic mass is 79.9. The summed E-state index contributed by atoms with van der Waals surface area (Å²) in [5.41, 5.74) is 0.492. The van der Waals surface area contributed by atoms with Gasteiger partial charge in [-0.2, -0.15) is 4.31 Å². The summed E-state index contributed by atoms with van der Waals surface area (Å²) in [6, 6.07) is 1.15. The minimum atomic E-state index is -3.92. The molecule has 0 unspecified atom stereocenters. The fraction of sp³-hybridized carbons (Fsp3) is 0.636. The quantitative estimate of drug-likeness (QED) is 0.648. The first kappa shape index (κ1) is 18.3. The predicted octanol–water partition coefficient (Wildman–Crippen LogP) is 0.835. The van der Waals surface area contributed by atoms with Crippen LogP contribution < -0.4 is 10.5 Å². The largest absolute Gasteiger partial charge is 0.309 e. The van der Waals surface area contributed by atoms with E-state index in [1.54, 1.807) is 0 Å². The topological polar surface area (TPSA) is 110 Å².